The SMILES string of the molecule is CNC(Cc1cc(OC)ncn1)c1cnc(C)s1. The molecule has 0 saturated carbocycles. The Balaban J connectivity index is 2.14. The summed E-state index contributed by atoms with van der Waals surface area (Å²) >= 11 is 1.70. The molecule has 0 aliphatic heterocycles. The van der Waals surface area contributed by atoms with Crippen molar-refractivity contribution in [3.63, 3.8) is 0 Å². The van der Waals surface area contributed by atoms with Crippen LogP contribution in [0.15, 0.2) is 18.6 Å². The fraction of sp³-hybridized carbons (Fsp3) is 0.417. The molecule has 0 fully saturated rings. The average Bonchev–Trinajstić information content (AvgIpc) is 2.82. The normalized spacial score (nSPS) is 12.4. The molecule has 1 unspecified atom stereocenters. The highest BCUT2D eigenvalue weighted by molar-refractivity contribution is 7.11. The minimum atomic E-state index is 0.218. The fourth-order valence-electron chi connectivity index (χ4n) is 1.69. The lowest BCUT2D eigenvalue weighted by Gasteiger charge is -2.13. The summed E-state index contributed by atoms with van der Waals surface area (Å²) in [7, 11) is 3.55. The van der Waals surface area contributed by atoms with Crippen molar-refractivity contribution < 1.29 is 4.74 Å². The van der Waals surface area contributed by atoms with E-state index in [9.17, 15) is 0 Å². The van der Waals surface area contributed by atoms with Crippen molar-refractivity contribution in [3.8, 4) is 5.88 Å². The van der Waals surface area contributed by atoms with Crippen molar-refractivity contribution in [3.05, 3.63) is 34.2 Å². The maximum atomic E-state index is 5.10. The van der Waals surface area contributed by atoms with Crippen LogP contribution in [0.25, 0.3) is 0 Å². The Bertz CT molecular complexity index is 514. The molecule has 18 heavy (non-hydrogen) atoms. The van der Waals surface area contributed by atoms with Gasteiger partial charge in [-0.05, 0) is 14.0 Å². The van der Waals surface area contributed by atoms with Gasteiger partial charge >= 0.3 is 0 Å². The van der Waals surface area contributed by atoms with Crippen LogP contribution in [0.4, 0.5) is 0 Å². The number of likely N-dealkylation sites (N-methyl/N-ethyl adjacent to an activating group) is 1. The Labute approximate surface area is 110 Å². The Morgan fingerprint density at radius 1 is 1.39 bits per heavy atom. The first kappa shape index (κ1) is 12.9. The molecular weight excluding hydrogens is 248 g/mol. The zero-order chi connectivity index (χ0) is 13.0. The van der Waals surface area contributed by atoms with E-state index in [4.69, 9.17) is 4.74 Å². The van der Waals surface area contributed by atoms with Crippen LogP contribution < -0.4 is 10.1 Å². The maximum absolute atomic E-state index is 5.10. The molecule has 0 saturated heterocycles. The second-order valence-electron chi connectivity index (χ2n) is 3.88. The van der Waals surface area contributed by atoms with E-state index < -0.39 is 0 Å². The number of hydrogen-bond donors (Lipinski definition) is 1. The Morgan fingerprint density at radius 2 is 2.22 bits per heavy atom. The van der Waals surface area contributed by atoms with Crippen molar-refractivity contribution >= 4 is 11.3 Å². The highest BCUT2D eigenvalue weighted by Crippen LogP contribution is 2.23. The third-order valence-corrected chi connectivity index (χ3v) is 3.68. The first-order chi connectivity index (χ1) is 8.72. The summed E-state index contributed by atoms with van der Waals surface area (Å²) < 4.78 is 5.10. The zero-order valence-electron chi connectivity index (χ0n) is 10.7. The number of thiazole rings is 1. The number of nitrogens with one attached hydrogen (secondary N) is 1. The van der Waals surface area contributed by atoms with E-state index in [0.717, 1.165) is 17.1 Å². The number of methoxy groups -OCH3 is 1. The molecule has 96 valence electrons. The largest absolute Gasteiger partial charge is 0.481 e. The van der Waals surface area contributed by atoms with Gasteiger partial charge < -0.3 is 10.1 Å². The van der Waals surface area contributed by atoms with Crippen molar-refractivity contribution in [2.45, 2.75) is 19.4 Å². The molecular formula is C12H16N4OS. The Morgan fingerprint density at radius 3 is 2.83 bits per heavy atom. The molecule has 1 N–H and O–H groups in total. The Hall–Kier alpha value is -1.53. The number of rotatable bonds is 5. The van der Waals surface area contributed by atoms with Crippen LogP contribution in [-0.4, -0.2) is 29.1 Å². The van der Waals surface area contributed by atoms with E-state index in [0.29, 0.717) is 5.88 Å². The molecule has 1 atom stereocenters. The van der Waals surface area contributed by atoms with Gasteiger partial charge in [-0.15, -0.1) is 11.3 Å². The highest BCUT2D eigenvalue weighted by Gasteiger charge is 2.14. The van der Waals surface area contributed by atoms with E-state index in [1.165, 1.54) is 11.2 Å². The minimum Gasteiger partial charge on any atom is -0.481 e. The number of aromatic nitrogens is 3. The van der Waals surface area contributed by atoms with Gasteiger partial charge in [0, 0.05) is 35.3 Å². The third kappa shape index (κ3) is 3.02. The molecule has 0 bridgehead atoms. The second kappa shape index (κ2) is 5.88. The lowest BCUT2D eigenvalue weighted by molar-refractivity contribution is 0.395. The molecule has 2 aromatic heterocycles. The molecule has 0 aromatic carbocycles. The molecule has 0 spiro atoms. The van der Waals surface area contributed by atoms with Gasteiger partial charge in [-0.2, -0.15) is 0 Å². The summed E-state index contributed by atoms with van der Waals surface area (Å²) in [5, 5.41) is 4.36. The Kier molecular flexibility index (Phi) is 4.22. The van der Waals surface area contributed by atoms with Crippen LogP contribution in [0, 0.1) is 6.92 Å². The van der Waals surface area contributed by atoms with Crippen LogP contribution in [0.3, 0.4) is 0 Å². The molecule has 0 aliphatic rings. The standard InChI is InChI=1S/C12H16N4OS/c1-8-14-6-11(18-8)10(13-2)4-9-5-12(17-3)16-7-15-9/h5-7,10,13H,4H2,1-3H3. The van der Waals surface area contributed by atoms with E-state index in [2.05, 4.69) is 20.3 Å². The molecule has 2 heterocycles. The van der Waals surface area contributed by atoms with Crippen LogP contribution in [0.5, 0.6) is 5.88 Å². The van der Waals surface area contributed by atoms with Gasteiger partial charge in [-0.25, -0.2) is 15.0 Å². The first-order valence-electron chi connectivity index (χ1n) is 5.67. The minimum absolute atomic E-state index is 0.218. The lowest BCUT2D eigenvalue weighted by atomic mass is 10.1. The van der Waals surface area contributed by atoms with Crippen molar-refractivity contribution in [1.29, 1.82) is 0 Å². The summed E-state index contributed by atoms with van der Waals surface area (Å²) in [6.45, 7) is 2.01. The highest BCUT2D eigenvalue weighted by atomic mass is 32.1. The van der Waals surface area contributed by atoms with E-state index in [-0.39, 0.29) is 6.04 Å². The molecule has 2 aromatic rings. The average molecular weight is 264 g/mol. The van der Waals surface area contributed by atoms with Gasteiger partial charge in [0.05, 0.1) is 12.1 Å². The van der Waals surface area contributed by atoms with E-state index in [1.54, 1.807) is 18.4 Å². The van der Waals surface area contributed by atoms with E-state index >= 15 is 0 Å². The molecule has 5 nitrogen and oxygen atoms in total. The van der Waals surface area contributed by atoms with Crippen LogP contribution in [-0.2, 0) is 6.42 Å². The molecule has 2 rings (SSSR count). The first-order valence-corrected chi connectivity index (χ1v) is 6.49. The van der Waals surface area contributed by atoms with Gasteiger partial charge in [-0.1, -0.05) is 0 Å². The topological polar surface area (TPSA) is 59.9 Å². The summed E-state index contributed by atoms with van der Waals surface area (Å²) in [4.78, 5) is 13.8. The van der Waals surface area contributed by atoms with Gasteiger partial charge in [0.1, 0.15) is 6.33 Å². The molecule has 0 radical (unpaired) electrons. The monoisotopic (exact) mass is 264 g/mol. The predicted molar refractivity (Wildman–Crippen MR) is 70.9 cm³/mol. The van der Waals surface area contributed by atoms with Crippen molar-refractivity contribution in [1.82, 2.24) is 20.3 Å². The smallest absolute Gasteiger partial charge is 0.216 e. The number of ether oxygens (including phenoxy) is 1. The third-order valence-electron chi connectivity index (χ3n) is 2.65. The second-order valence-corrected chi connectivity index (χ2v) is 5.15. The maximum Gasteiger partial charge on any atom is 0.216 e. The van der Waals surface area contributed by atoms with Crippen LogP contribution >= 0.6 is 11.3 Å². The van der Waals surface area contributed by atoms with Crippen LogP contribution in [0.2, 0.25) is 0 Å². The molecule has 0 amide bonds. The van der Waals surface area contributed by atoms with Gasteiger partial charge in [0.25, 0.3) is 0 Å². The van der Waals surface area contributed by atoms with Gasteiger partial charge in [0.2, 0.25) is 5.88 Å². The van der Waals surface area contributed by atoms with Gasteiger partial charge in [-0.3, -0.25) is 0 Å². The summed E-state index contributed by atoms with van der Waals surface area (Å²) in [6, 6.07) is 2.08. The molecule has 0 aliphatic carbocycles. The fourth-order valence-corrected chi connectivity index (χ4v) is 2.59. The van der Waals surface area contributed by atoms with Crippen LogP contribution in [0.1, 0.15) is 21.6 Å². The lowest BCUT2D eigenvalue weighted by Crippen LogP contribution is -2.18. The number of nitrogens with zero attached hydrogens (tertiary/aromatic N) is 3. The zero-order valence-corrected chi connectivity index (χ0v) is 11.5. The summed E-state index contributed by atoms with van der Waals surface area (Å²) in [5.74, 6) is 0.593. The van der Waals surface area contributed by atoms with Crippen molar-refractivity contribution in [2.75, 3.05) is 14.2 Å². The van der Waals surface area contributed by atoms with E-state index in [1.807, 2.05) is 26.2 Å². The molecule has 6 heteroatoms. The quantitative estimate of drug-likeness (QED) is 0.891. The van der Waals surface area contributed by atoms with Crippen molar-refractivity contribution in [2.24, 2.45) is 0 Å². The van der Waals surface area contributed by atoms with Gasteiger partial charge in [0.15, 0.2) is 0 Å². The predicted octanol–water partition coefficient (Wildman–Crippen LogP) is 1.75. The number of hydrogen-bond acceptors (Lipinski definition) is 6. The summed E-state index contributed by atoms with van der Waals surface area (Å²) in [5.41, 5.74) is 0.951. The summed E-state index contributed by atoms with van der Waals surface area (Å²) in [6.07, 6.45) is 4.23. The number of aryl methyl sites for hydroxylation is 1.